The maximum atomic E-state index is 13.3. The Kier molecular flexibility index (Phi) is 7.48. The van der Waals surface area contributed by atoms with E-state index in [0.29, 0.717) is 46.4 Å². The van der Waals surface area contributed by atoms with Crippen LogP contribution in [0.2, 0.25) is 0 Å². The minimum atomic E-state index is -0.398. The molecule has 0 saturated heterocycles. The highest BCUT2D eigenvalue weighted by atomic mass is 16.5. The number of ether oxygens (including phenoxy) is 4. The van der Waals surface area contributed by atoms with Gasteiger partial charge in [0.1, 0.15) is 11.4 Å². The number of rotatable bonds is 10. The Morgan fingerprint density at radius 3 is 2.00 bits per heavy atom. The molecule has 1 aliphatic rings. The summed E-state index contributed by atoms with van der Waals surface area (Å²) in [5.74, 6) is 1.24. The van der Waals surface area contributed by atoms with E-state index in [-0.39, 0.29) is 17.6 Å². The van der Waals surface area contributed by atoms with Gasteiger partial charge in [-0.05, 0) is 38.0 Å². The van der Waals surface area contributed by atoms with Gasteiger partial charge < -0.3 is 24.3 Å². The zero-order chi connectivity index (χ0) is 24.1. The molecule has 2 aromatic rings. The van der Waals surface area contributed by atoms with Crippen molar-refractivity contribution >= 4 is 23.1 Å². The topological polar surface area (TPSA) is 86.3 Å². The van der Waals surface area contributed by atoms with Gasteiger partial charge in [0.15, 0.2) is 11.5 Å². The predicted octanol–water partition coefficient (Wildman–Crippen LogP) is 4.10. The first-order chi connectivity index (χ1) is 15.9. The van der Waals surface area contributed by atoms with Gasteiger partial charge in [-0.3, -0.25) is 14.5 Å². The Labute approximate surface area is 194 Å². The molecule has 1 N–H and O–H groups in total. The quantitative estimate of drug-likeness (QED) is 0.541. The fourth-order valence-corrected chi connectivity index (χ4v) is 3.64. The molecule has 0 aromatic heterocycles. The van der Waals surface area contributed by atoms with Crippen molar-refractivity contribution in [1.82, 2.24) is 4.90 Å². The fourth-order valence-electron chi connectivity index (χ4n) is 3.64. The minimum Gasteiger partial charge on any atom is -0.494 e. The standard InChI is InChI=1S/C25H30N2O6/c1-7-12-33-18-10-8-16(9-11-18)21-22(25(29)27(15(2)3)24(21)28)26-17-13-19(30-4)23(32-6)20(14-17)31-5/h8-11,13-15,26H,7,12H2,1-6H3. The zero-order valence-corrected chi connectivity index (χ0v) is 19.9. The molecule has 3 rings (SSSR count). The molecular weight excluding hydrogens is 424 g/mol. The second-order valence-electron chi connectivity index (χ2n) is 7.74. The van der Waals surface area contributed by atoms with Gasteiger partial charge >= 0.3 is 0 Å². The first kappa shape index (κ1) is 24.0. The summed E-state index contributed by atoms with van der Waals surface area (Å²) >= 11 is 0. The molecule has 0 bridgehead atoms. The van der Waals surface area contributed by atoms with Gasteiger partial charge in [0.05, 0.1) is 33.5 Å². The Morgan fingerprint density at radius 1 is 0.909 bits per heavy atom. The number of carbonyl (C=O) groups excluding carboxylic acids is 2. The minimum absolute atomic E-state index is 0.185. The number of hydrogen-bond donors (Lipinski definition) is 1. The van der Waals surface area contributed by atoms with Crippen LogP contribution in [0.15, 0.2) is 42.1 Å². The third-order valence-corrected chi connectivity index (χ3v) is 5.18. The van der Waals surface area contributed by atoms with Gasteiger partial charge in [-0.1, -0.05) is 19.1 Å². The van der Waals surface area contributed by atoms with E-state index in [0.717, 1.165) is 6.42 Å². The molecule has 0 saturated carbocycles. The van der Waals surface area contributed by atoms with Crippen LogP contribution in [0.1, 0.15) is 32.8 Å². The van der Waals surface area contributed by atoms with E-state index in [4.69, 9.17) is 18.9 Å². The molecule has 33 heavy (non-hydrogen) atoms. The number of imide groups is 1. The van der Waals surface area contributed by atoms with Crippen LogP contribution in [0.5, 0.6) is 23.0 Å². The van der Waals surface area contributed by atoms with Crippen molar-refractivity contribution in [2.45, 2.75) is 33.2 Å². The van der Waals surface area contributed by atoms with Gasteiger partial charge in [-0.15, -0.1) is 0 Å². The largest absolute Gasteiger partial charge is 0.494 e. The lowest BCUT2D eigenvalue weighted by Gasteiger charge is -2.19. The van der Waals surface area contributed by atoms with Crippen molar-refractivity contribution in [1.29, 1.82) is 0 Å². The van der Waals surface area contributed by atoms with E-state index >= 15 is 0 Å². The number of methoxy groups -OCH3 is 3. The molecule has 0 unspecified atom stereocenters. The first-order valence-electron chi connectivity index (χ1n) is 10.8. The normalized spacial score (nSPS) is 13.6. The summed E-state index contributed by atoms with van der Waals surface area (Å²) in [5, 5.41) is 3.12. The van der Waals surface area contributed by atoms with E-state index in [2.05, 4.69) is 5.32 Å². The number of hydrogen-bond acceptors (Lipinski definition) is 7. The van der Waals surface area contributed by atoms with Crippen molar-refractivity contribution in [3.05, 3.63) is 47.7 Å². The number of nitrogens with zero attached hydrogens (tertiary/aromatic N) is 1. The van der Waals surface area contributed by atoms with Crippen LogP contribution in [-0.4, -0.2) is 50.7 Å². The number of nitrogens with one attached hydrogen (secondary N) is 1. The molecule has 176 valence electrons. The maximum Gasteiger partial charge on any atom is 0.278 e. The van der Waals surface area contributed by atoms with Crippen LogP contribution in [0.4, 0.5) is 5.69 Å². The predicted molar refractivity (Wildman–Crippen MR) is 126 cm³/mol. The number of amides is 2. The van der Waals surface area contributed by atoms with Gasteiger partial charge in [0, 0.05) is 23.9 Å². The van der Waals surface area contributed by atoms with Crippen LogP contribution in [0, 0.1) is 0 Å². The molecule has 0 spiro atoms. The first-order valence-corrected chi connectivity index (χ1v) is 10.8. The van der Waals surface area contributed by atoms with Gasteiger partial charge in [0.2, 0.25) is 5.75 Å². The molecule has 8 nitrogen and oxygen atoms in total. The highest BCUT2D eigenvalue weighted by molar-refractivity contribution is 6.36. The molecule has 1 aliphatic heterocycles. The summed E-state index contributed by atoms with van der Waals surface area (Å²) in [6.07, 6.45) is 0.895. The summed E-state index contributed by atoms with van der Waals surface area (Å²) in [5.41, 5.74) is 1.62. The third-order valence-electron chi connectivity index (χ3n) is 5.18. The Hall–Kier alpha value is -3.68. The van der Waals surface area contributed by atoms with E-state index in [1.54, 1.807) is 50.2 Å². The van der Waals surface area contributed by atoms with Crippen molar-refractivity contribution in [2.75, 3.05) is 33.3 Å². The van der Waals surface area contributed by atoms with Crippen LogP contribution >= 0.6 is 0 Å². The number of carbonyl (C=O) groups is 2. The monoisotopic (exact) mass is 454 g/mol. The van der Waals surface area contributed by atoms with E-state index in [1.165, 1.54) is 26.2 Å². The molecule has 2 aromatic carbocycles. The molecule has 0 radical (unpaired) electrons. The summed E-state index contributed by atoms with van der Waals surface area (Å²) in [6.45, 7) is 6.24. The molecule has 0 atom stereocenters. The number of anilines is 1. The highest BCUT2D eigenvalue weighted by Gasteiger charge is 2.40. The van der Waals surface area contributed by atoms with E-state index < -0.39 is 5.91 Å². The van der Waals surface area contributed by atoms with Crippen LogP contribution in [-0.2, 0) is 9.59 Å². The van der Waals surface area contributed by atoms with Crippen molar-refractivity contribution < 1.29 is 28.5 Å². The lowest BCUT2D eigenvalue weighted by atomic mass is 10.0. The SMILES string of the molecule is CCCOc1ccc(C2=C(Nc3cc(OC)c(OC)c(OC)c3)C(=O)N(C(C)C)C2=O)cc1. The molecular formula is C25H30N2O6. The fraction of sp³-hybridized carbons (Fsp3) is 0.360. The van der Waals surface area contributed by atoms with Crippen molar-refractivity contribution in [3.8, 4) is 23.0 Å². The van der Waals surface area contributed by atoms with Gasteiger partial charge in [-0.2, -0.15) is 0 Å². The smallest absolute Gasteiger partial charge is 0.278 e. The summed E-state index contributed by atoms with van der Waals surface area (Å²) in [7, 11) is 4.54. The van der Waals surface area contributed by atoms with E-state index in [1.807, 2.05) is 6.92 Å². The second-order valence-corrected chi connectivity index (χ2v) is 7.74. The highest BCUT2D eigenvalue weighted by Crippen LogP contribution is 2.41. The van der Waals surface area contributed by atoms with E-state index in [9.17, 15) is 9.59 Å². The molecule has 8 heteroatoms. The Balaban J connectivity index is 2.07. The lowest BCUT2D eigenvalue weighted by molar-refractivity contribution is -0.138. The van der Waals surface area contributed by atoms with Crippen LogP contribution in [0.3, 0.4) is 0 Å². The lowest BCUT2D eigenvalue weighted by Crippen LogP contribution is -2.38. The Morgan fingerprint density at radius 2 is 1.52 bits per heavy atom. The van der Waals surface area contributed by atoms with Gasteiger partial charge in [0.25, 0.3) is 11.8 Å². The Bertz CT molecular complexity index is 1030. The maximum absolute atomic E-state index is 13.3. The summed E-state index contributed by atoms with van der Waals surface area (Å²) in [6, 6.07) is 10.2. The molecule has 0 fully saturated rings. The van der Waals surface area contributed by atoms with Gasteiger partial charge in [-0.25, -0.2) is 0 Å². The molecule has 0 aliphatic carbocycles. The summed E-state index contributed by atoms with van der Waals surface area (Å²) in [4.78, 5) is 27.8. The second kappa shape index (κ2) is 10.3. The van der Waals surface area contributed by atoms with Crippen molar-refractivity contribution in [3.63, 3.8) is 0 Å². The average Bonchev–Trinajstić information content (AvgIpc) is 3.06. The van der Waals surface area contributed by atoms with Crippen LogP contribution in [0.25, 0.3) is 5.57 Å². The summed E-state index contributed by atoms with van der Waals surface area (Å²) < 4.78 is 21.8. The zero-order valence-electron chi connectivity index (χ0n) is 19.9. The molecule has 1 heterocycles. The van der Waals surface area contributed by atoms with Crippen LogP contribution < -0.4 is 24.3 Å². The average molecular weight is 455 g/mol. The number of benzene rings is 2. The van der Waals surface area contributed by atoms with Crippen molar-refractivity contribution in [2.24, 2.45) is 0 Å². The molecule has 2 amide bonds. The third kappa shape index (κ3) is 4.74.